The minimum atomic E-state index is -3.49. The standard InChI is InChI=1S/C10H13BrN2O4S2/c1-17-10(14)12-7-2-4-13(6-7)19(15,16)9-8(11)3-5-18-9/h3,5,7H,2,4,6H2,1H3,(H,12,14). The van der Waals surface area contributed by atoms with E-state index in [0.717, 1.165) is 0 Å². The summed E-state index contributed by atoms with van der Waals surface area (Å²) in [6, 6.07) is 1.50. The zero-order chi connectivity index (χ0) is 14.0. The number of thiophene rings is 1. The molecule has 6 nitrogen and oxygen atoms in total. The van der Waals surface area contributed by atoms with E-state index >= 15 is 0 Å². The van der Waals surface area contributed by atoms with Gasteiger partial charge in [-0.3, -0.25) is 0 Å². The van der Waals surface area contributed by atoms with Crippen molar-refractivity contribution in [1.29, 1.82) is 0 Å². The number of halogens is 1. The smallest absolute Gasteiger partial charge is 0.407 e. The summed E-state index contributed by atoms with van der Waals surface area (Å²) >= 11 is 4.41. The lowest BCUT2D eigenvalue weighted by Crippen LogP contribution is -2.38. The Hall–Kier alpha value is -0.640. The van der Waals surface area contributed by atoms with Gasteiger partial charge < -0.3 is 10.1 Å². The summed E-state index contributed by atoms with van der Waals surface area (Å²) < 4.78 is 31.5. The van der Waals surface area contributed by atoms with Gasteiger partial charge in [-0.2, -0.15) is 4.31 Å². The van der Waals surface area contributed by atoms with Crippen LogP contribution in [0.25, 0.3) is 0 Å². The molecule has 1 saturated heterocycles. The molecule has 106 valence electrons. The fourth-order valence-electron chi connectivity index (χ4n) is 1.87. The first-order valence-electron chi connectivity index (χ1n) is 5.52. The molecular weight excluding hydrogens is 356 g/mol. The number of hydrogen-bond donors (Lipinski definition) is 1. The predicted octanol–water partition coefficient (Wildman–Crippen LogP) is 1.63. The molecule has 0 aliphatic carbocycles. The van der Waals surface area contributed by atoms with Crippen molar-refractivity contribution in [3.8, 4) is 0 Å². The van der Waals surface area contributed by atoms with E-state index in [4.69, 9.17) is 0 Å². The van der Waals surface area contributed by atoms with E-state index in [9.17, 15) is 13.2 Å². The van der Waals surface area contributed by atoms with Crippen molar-refractivity contribution in [3.63, 3.8) is 0 Å². The Bertz CT molecular complexity index is 572. The summed E-state index contributed by atoms with van der Waals surface area (Å²) in [5.41, 5.74) is 0. The van der Waals surface area contributed by atoms with Crippen LogP contribution in [0.5, 0.6) is 0 Å². The molecule has 2 heterocycles. The zero-order valence-electron chi connectivity index (χ0n) is 10.1. The monoisotopic (exact) mass is 368 g/mol. The van der Waals surface area contributed by atoms with Crippen LogP contribution >= 0.6 is 27.3 Å². The number of alkyl carbamates (subject to hydrolysis) is 1. The van der Waals surface area contributed by atoms with Gasteiger partial charge in [0.2, 0.25) is 0 Å². The Morgan fingerprint density at radius 2 is 2.37 bits per heavy atom. The van der Waals surface area contributed by atoms with E-state index in [2.05, 4.69) is 26.0 Å². The highest BCUT2D eigenvalue weighted by atomic mass is 79.9. The maximum Gasteiger partial charge on any atom is 0.407 e. The largest absolute Gasteiger partial charge is 0.453 e. The summed E-state index contributed by atoms with van der Waals surface area (Å²) in [6.07, 6.45) is 0.0404. The molecule has 0 bridgehead atoms. The Kier molecular flexibility index (Phi) is 4.49. The van der Waals surface area contributed by atoms with Crippen molar-refractivity contribution in [2.45, 2.75) is 16.7 Å². The number of nitrogens with one attached hydrogen (secondary N) is 1. The fourth-order valence-corrected chi connectivity index (χ4v) is 5.82. The third-order valence-corrected chi connectivity index (χ3v) is 7.33. The number of methoxy groups -OCH3 is 1. The Morgan fingerprint density at radius 1 is 1.63 bits per heavy atom. The minimum absolute atomic E-state index is 0.207. The van der Waals surface area contributed by atoms with Gasteiger partial charge in [0.15, 0.2) is 0 Å². The topological polar surface area (TPSA) is 75.7 Å². The van der Waals surface area contributed by atoms with E-state index < -0.39 is 16.1 Å². The molecule has 1 unspecified atom stereocenters. The molecule has 0 aromatic carbocycles. The van der Waals surface area contributed by atoms with Crippen LogP contribution in [0, 0.1) is 0 Å². The summed E-state index contributed by atoms with van der Waals surface area (Å²) in [7, 11) is -2.21. The van der Waals surface area contributed by atoms with Gasteiger partial charge in [0.25, 0.3) is 10.0 Å². The number of amides is 1. The summed E-state index contributed by atoms with van der Waals surface area (Å²) in [5, 5.41) is 4.33. The second-order valence-electron chi connectivity index (χ2n) is 4.04. The molecule has 1 aliphatic rings. The lowest BCUT2D eigenvalue weighted by Gasteiger charge is -2.16. The van der Waals surface area contributed by atoms with Crippen LogP contribution in [0.2, 0.25) is 0 Å². The summed E-state index contributed by atoms with van der Waals surface area (Å²) in [6.45, 7) is 0.656. The SMILES string of the molecule is COC(=O)NC1CCN(S(=O)(=O)c2sccc2Br)C1. The zero-order valence-corrected chi connectivity index (χ0v) is 13.3. The molecule has 0 saturated carbocycles. The van der Waals surface area contributed by atoms with Gasteiger partial charge in [-0.1, -0.05) is 0 Å². The average Bonchev–Trinajstić information content (AvgIpc) is 2.98. The quantitative estimate of drug-likeness (QED) is 0.879. The molecular formula is C10H13BrN2O4S2. The normalized spacial score (nSPS) is 20.4. The number of rotatable bonds is 3. The number of ether oxygens (including phenoxy) is 1. The maximum atomic E-state index is 12.4. The first-order valence-corrected chi connectivity index (χ1v) is 8.64. The number of sulfonamides is 1. The van der Waals surface area contributed by atoms with Gasteiger partial charge in [-0.15, -0.1) is 11.3 Å². The van der Waals surface area contributed by atoms with Gasteiger partial charge in [-0.25, -0.2) is 13.2 Å². The van der Waals surface area contributed by atoms with Crippen molar-refractivity contribution in [3.05, 3.63) is 15.9 Å². The van der Waals surface area contributed by atoms with Crippen LogP contribution in [0.3, 0.4) is 0 Å². The average molecular weight is 369 g/mol. The molecule has 1 N–H and O–H groups in total. The minimum Gasteiger partial charge on any atom is -0.453 e. The van der Waals surface area contributed by atoms with E-state index in [1.807, 2.05) is 0 Å². The highest BCUT2D eigenvalue weighted by Gasteiger charge is 2.35. The first-order chi connectivity index (χ1) is 8.95. The van der Waals surface area contributed by atoms with Crippen LogP contribution < -0.4 is 5.32 Å². The van der Waals surface area contributed by atoms with Crippen LogP contribution in [0.1, 0.15) is 6.42 Å². The molecule has 1 fully saturated rings. The second kappa shape index (κ2) is 5.78. The summed E-state index contributed by atoms with van der Waals surface area (Å²) in [4.78, 5) is 11.1. The molecule has 0 spiro atoms. The Labute approximate surface area is 123 Å². The number of carbonyl (C=O) groups excluding carboxylic acids is 1. The summed E-state index contributed by atoms with van der Waals surface area (Å²) in [5.74, 6) is 0. The van der Waals surface area contributed by atoms with Gasteiger partial charge >= 0.3 is 6.09 Å². The van der Waals surface area contributed by atoms with Gasteiger partial charge in [-0.05, 0) is 33.8 Å². The Balaban J connectivity index is 2.09. The van der Waals surface area contributed by atoms with Crippen LogP contribution in [0.4, 0.5) is 4.79 Å². The van der Waals surface area contributed by atoms with Gasteiger partial charge in [0.1, 0.15) is 4.21 Å². The highest BCUT2D eigenvalue weighted by molar-refractivity contribution is 9.10. The lowest BCUT2D eigenvalue weighted by atomic mass is 10.3. The fraction of sp³-hybridized carbons (Fsp3) is 0.500. The molecule has 1 aromatic heterocycles. The molecule has 9 heteroatoms. The van der Waals surface area contributed by atoms with Crippen molar-refractivity contribution in [1.82, 2.24) is 9.62 Å². The van der Waals surface area contributed by atoms with E-state index in [0.29, 0.717) is 21.6 Å². The van der Waals surface area contributed by atoms with Crippen molar-refractivity contribution >= 4 is 43.4 Å². The number of hydrogen-bond acceptors (Lipinski definition) is 5. The van der Waals surface area contributed by atoms with Crippen molar-refractivity contribution in [2.24, 2.45) is 0 Å². The third kappa shape index (κ3) is 3.10. The first kappa shape index (κ1) is 14.8. The molecule has 1 aromatic rings. The third-order valence-electron chi connectivity index (χ3n) is 2.82. The van der Waals surface area contributed by atoms with Crippen LogP contribution in [-0.2, 0) is 14.8 Å². The lowest BCUT2D eigenvalue weighted by molar-refractivity contribution is 0.167. The molecule has 2 rings (SSSR count). The Morgan fingerprint density at radius 3 is 2.95 bits per heavy atom. The number of nitrogens with zero attached hydrogens (tertiary/aromatic N) is 1. The molecule has 1 amide bonds. The molecule has 19 heavy (non-hydrogen) atoms. The van der Waals surface area contributed by atoms with Gasteiger partial charge in [0, 0.05) is 23.6 Å². The van der Waals surface area contributed by atoms with Crippen LogP contribution in [-0.4, -0.2) is 45.1 Å². The maximum absolute atomic E-state index is 12.4. The van der Waals surface area contributed by atoms with Crippen molar-refractivity contribution < 1.29 is 17.9 Å². The van der Waals surface area contributed by atoms with Crippen LogP contribution in [0.15, 0.2) is 20.1 Å². The predicted molar refractivity (Wildman–Crippen MR) is 74.7 cm³/mol. The highest BCUT2D eigenvalue weighted by Crippen LogP contribution is 2.31. The van der Waals surface area contributed by atoms with Crippen molar-refractivity contribution in [2.75, 3.05) is 20.2 Å². The van der Waals surface area contributed by atoms with E-state index in [1.165, 1.54) is 22.8 Å². The van der Waals surface area contributed by atoms with E-state index in [-0.39, 0.29) is 12.6 Å². The van der Waals surface area contributed by atoms with Gasteiger partial charge in [0.05, 0.1) is 7.11 Å². The molecule has 1 aliphatic heterocycles. The molecule has 1 atom stereocenters. The van der Waals surface area contributed by atoms with E-state index in [1.54, 1.807) is 11.4 Å². The number of carbonyl (C=O) groups is 1. The molecule has 0 radical (unpaired) electrons. The second-order valence-corrected chi connectivity index (χ2v) is 7.94.